The lowest BCUT2D eigenvalue weighted by Crippen LogP contribution is -2.31. The number of rotatable bonds is 2. The Balaban J connectivity index is 1.78. The van der Waals surface area contributed by atoms with Gasteiger partial charge in [0.05, 0.1) is 6.33 Å². The first-order valence-corrected chi connectivity index (χ1v) is 6.63. The zero-order chi connectivity index (χ0) is 12.5. The summed E-state index contributed by atoms with van der Waals surface area (Å²) in [5.41, 5.74) is 1.65. The fourth-order valence-electron chi connectivity index (χ4n) is 2.50. The molecule has 0 unspecified atom stereocenters. The first-order chi connectivity index (χ1) is 8.72. The van der Waals surface area contributed by atoms with Crippen molar-refractivity contribution in [2.45, 2.75) is 19.4 Å². The Morgan fingerprint density at radius 3 is 2.89 bits per heavy atom. The Labute approximate surface area is 111 Å². The van der Waals surface area contributed by atoms with Crippen molar-refractivity contribution in [2.24, 2.45) is 5.92 Å². The number of likely N-dealkylation sites (tertiary alicyclic amines) is 1. The van der Waals surface area contributed by atoms with Gasteiger partial charge in [-0.1, -0.05) is 11.6 Å². The van der Waals surface area contributed by atoms with Gasteiger partial charge in [0, 0.05) is 12.6 Å². The van der Waals surface area contributed by atoms with Crippen LogP contribution >= 0.6 is 11.6 Å². The molecule has 0 radical (unpaired) electrons. The number of piperidine rings is 1. The average Bonchev–Trinajstić information content (AvgIpc) is 2.74. The number of hydrogen-bond acceptors (Lipinski definition) is 4. The highest BCUT2D eigenvalue weighted by molar-refractivity contribution is 6.29. The molecule has 18 heavy (non-hydrogen) atoms. The molecule has 6 heteroatoms. The van der Waals surface area contributed by atoms with Crippen LogP contribution in [0.5, 0.6) is 0 Å². The quantitative estimate of drug-likeness (QED) is 0.831. The first-order valence-electron chi connectivity index (χ1n) is 6.25. The summed E-state index contributed by atoms with van der Waals surface area (Å²) in [6, 6.07) is 1.76. The predicted molar refractivity (Wildman–Crippen MR) is 70.6 cm³/mol. The van der Waals surface area contributed by atoms with Crippen molar-refractivity contribution in [2.75, 3.05) is 20.1 Å². The minimum Gasteiger partial charge on any atom is -0.314 e. The van der Waals surface area contributed by atoms with Crippen LogP contribution < -0.4 is 0 Å². The summed E-state index contributed by atoms with van der Waals surface area (Å²) >= 11 is 5.81. The van der Waals surface area contributed by atoms with Crippen molar-refractivity contribution in [3.63, 3.8) is 0 Å². The van der Waals surface area contributed by atoms with E-state index in [0.717, 1.165) is 17.7 Å². The van der Waals surface area contributed by atoms with Gasteiger partial charge in [-0.05, 0) is 38.9 Å². The number of fused-ring (bicyclic) bond motifs is 1. The molecule has 0 bridgehead atoms. The third kappa shape index (κ3) is 2.33. The number of nitrogens with zero attached hydrogens (tertiary/aromatic N) is 5. The number of aromatic nitrogens is 4. The molecule has 0 aliphatic carbocycles. The van der Waals surface area contributed by atoms with Crippen LogP contribution in [0.15, 0.2) is 12.4 Å². The maximum atomic E-state index is 5.81. The molecule has 1 aliphatic rings. The number of halogens is 1. The van der Waals surface area contributed by atoms with Gasteiger partial charge in [0.2, 0.25) is 0 Å². The maximum absolute atomic E-state index is 5.81. The van der Waals surface area contributed by atoms with Crippen molar-refractivity contribution in [1.29, 1.82) is 0 Å². The summed E-state index contributed by atoms with van der Waals surface area (Å²) in [6.45, 7) is 3.32. The summed E-state index contributed by atoms with van der Waals surface area (Å²) < 4.78 is 2.09. The third-order valence-corrected chi connectivity index (χ3v) is 3.81. The minimum atomic E-state index is 0.395. The Bertz CT molecular complexity index is 544. The van der Waals surface area contributed by atoms with Crippen molar-refractivity contribution in [1.82, 2.24) is 24.6 Å². The smallest absolute Gasteiger partial charge is 0.182 e. The second-order valence-electron chi connectivity index (χ2n) is 5.02. The average molecular weight is 266 g/mol. The van der Waals surface area contributed by atoms with E-state index in [1.165, 1.54) is 25.9 Å². The molecule has 3 rings (SSSR count). The fourth-order valence-corrected chi connectivity index (χ4v) is 2.64. The van der Waals surface area contributed by atoms with Crippen molar-refractivity contribution >= 4 is 22.8 Å². The molecule has 0 N–H and O–H groups in total. The molecule has 0 amide bonds. The Hall–Kier alpha value is -1.20. The molecule has 2 aromatic rings. The highest BCUT2D eigenvalue weighted by Gasteiger charge is 2.18. The largest absolute Gasteiger partial charge is 0.314 e. The normalized spacial score (nSPS) is 18.6. The van der Waals surface area contributed by atoms with Crippen LogP contribution in [0.3, 0.4) is 0 Å². The maximum Gasteiger partial charge on any atom is 0.182 e. The lowest BCUT2D eigenvalue weighted by molar-refractivity contribution is 0.206. The van der Waals surface area contributed by atoms with Gasteiger partial charge in [0.25, 0.3) is 0 Å². The number of hydrogen-bond donors (Lipinski definition) is 0. The van der Waals surface area contributed by atoms with Crippen molar-refractivity contribution in [3.8, 4) is 0 Å². The summed E-state index contributed by atoms with van der Waals surface area (Å²) in [5.74, 6) is 0.705. The lowest BCUT2D eigenvalue weighted by atomic mass is 9.97. The summed E-state index contributed by atoms with van der Waals surface area (Å²) in [6.07, 6.45) is 4.31. The van der Waals surface area contributed by atoms with Crippen LogP contribution in [0.25, 0.3) is 11.2 Å². The molecule has 1 saturated heterocycles. The van der Waals surface area contributed by atoms with E-state index in [2.05, 4.69) is 31.7 Å². The van der Waals surface area contributed by atoms with E-state index >= 15 is 0 Å². The van der Waals surface area contributed by atoms with Crippen LogP contribution in [0, 0.1) is 5.92 Å². The van der Waals surface area contributed by atoms with Crippen LogP contribution in [-0.2, 0) is 6.54 Å². The topological polar surface area (TPSA) is 46.8 Å². The highest BCUT2D eigenvalue weighted by Crippen LogP contribution is 2.20. The Kier molecular flexibility index (Phi) is 3.18. The second kappa shape index (κ2) is 4.82. The Morgan fingerprint density at radius 2 is 2.11 bits per heavy atom. The van der Waals surface area contributed by atoms with Gasteiger partial charge in [-0.2, -0.15) is 0 Å². The van der Waals surface area contributed by atoms with E-state index < -0.39 is 0 Å². The van der Waals surface area contributed by atoms with Crippen LogP contribution in [0.2, 0.25) is 5.15 Å². The van der Waals surface area contributed by atoms with Crippen LogP contribution in [-0.4, -0.2) is 44.8 Å². The molecular weight excluding hydrogens is 250 g/mol. The zero-order valence-electron chi connectivity index (χ0n) is 10.4. The van der Waals surface area contributed by atoms with Crippen molar-refractivity contribution in [3.05, 3.63) is 17.5 Å². The molecular formula is C12H16ClN5. The third-order valence-electron chi connectivity index (χ3n) is 3.63. The van der Waals surface area contributed by atoms with Gasteiger partial charge in [-0.15, -0.1) is 10.2 Å². The van der Waals surface area contributed by atoms with Crippen LogP contribution in [0.1, 0.15) is 12.8 Å². The van der Waals surface area contributed by atoms with Gasteiger partial charge in [0.15, 0.2) is 10.8 Å². The fraction of sp³-hybridized carbons (Fsp3) is 0.583. The van der Waals surface area contributed by atoms with Gasteiger partial charge >= 0.3 is 0 Å². The molecule has 0 spiro atoms. The summed E-state index contributed by atoms with van der Waals surface area (Å²) in [4.78, 5) is 6.70. The minimum absolute atomic E-state index is 0.395. The molecule has 5 nitrogen and oxygen atoms in total. The monoisotopic (exact) mass is 265 g/mol. The van der Waals surface area contributed by atoms with Gasteiger partial charge in [-0.3, -0.25) is 0 Å². The summed E-state index contributed by atoms with van der Waals surface area (Å²) in [5, 5.41) is 8.42. The van der Waals surface area contributed by atoms with E-state index in [1.54, 1.807) is 6.07 Å². The molecule has 96 valence electrons. The van der Waals surface area contributed by atoms with E-state index in [4.69, 9.17) is 11.6 Å². The number of imidazole rings is 1. The second-order valence-corrected chi connectivity index (χ2v) is 5.41. The zero-order valence-corrected chi connectivity index (χ0v) is 11.1. The van der Waals surface area contributed by atoms with Gasteiger partial charge < -0.3 is 9.47 Å². The van der Waals surface area contributed by atoms with E-state index in [-0.39, 0.29) is 0 Å². The molecule has 2 aromatic heterocycles. The SMILES string of the molecule is CN1CCC(Cn2cnc3cc(Cl)nnc32)CC1. The van der Waals surface area contributed by atoms with Crippen molar-refractivity contribution < 1.29 is 0 Å². The highest BCUT2D eigenvalue weighted by atomic mass is 35.5. The molecule has 1 aliphatic heterocycles. The lowest BCUT2D eigenvalue weighted by Gasteiger charge is -2.29. The van der Waals surface area contributed by atoms with E-state index in [9.17, 15) is 0 Å². The molecule has 0 saturated carbocycles. The molecule has 0 aromatic carbocycles. The first kappa shape index (κ1) is 11.9. The van der Waals surface area contributed by atoms with Crippen LogP contribution in [0.4, 0.5) is 0 Å². The van der Waals surface area contributed by atoms with E-state index in [1.807, 2.05) is 6.33 Å². The standard InChI is InChI=1S/C12H16ClN5/c1-17-4-2-9(3-5-17)7-18-8-14-10-6-11(13)15-16-12(10)18/h6,8-9H,2-5,7H2,1H3. The molecule has 1 fully saturated rings. The predicted octanol–water partition coefficient (Wildman–Crippen LogP) is 1.82. The molecule has 0 atom stereocenters. The van der Waals surface area contributed by atoms with Gasteiger partial charge in [0.1, 0.15) is 5.52 Å². The van der Waals surface area contributed by atoms with Gasteiger partial charge in [-0.25, -0.2) is 4.98 Å². The Morgan fingerprint density at radius 1 is 1.33 bits per heavy atom. The van der Waals surface area contributed by atoms with E-state index in [0.29, 0.717) is 11.1 Å². The summed E-state index contributed by atoms with van der Waals surface area (Å²) in [7, 11) is 2.18. The molecule has 3 heterocycles.